The minimum Gasteiger partial charge on any atom is -0.493 e. The normalized spacial score (nSPS) is 25.9. The quantitative estimate of drug-likeness (QED) is 0.830. The van der Waals surface area contributed by atoms with Crippen LogP contribution in [0.5, 0.6) is 11.5 Å². The Balaban J connectivity index is 1.82. The average molecular weight is 387 g/mol. The van der Waals surface area contributed by atoms with Gasteiger partial charge in [0.25, 0.3) is 0 Å². The van der Waals surface area contributed by atoms with Crippen LogP contribution in [0.1, 0.15) is 43.9 Å². The van der Waals surface area contributed by atoms with Crippen LogP contribution in [0, 0.1) is 11.8 Å². The molecular weight excluding hydrogens is 359 g/mol. The number of halogens is 3. The van der Waals surface area contributed by atoms with E-state index >= 15 is 0 Å². The van der Waals surface area contributed by atoms with Crippen molar-refractivity contribution in [1.29, 1.82) is 0 Å². The molecule has 0 radical (unpaired) electrons. The lowest BCUT2D eigenvalue weighted by atomic mass is 9.79. The van der Waals surface area contributed by atoms with Crippen LogP contribution in [0.25, 0.3) is 0 Å². The number of hydrogen-bond acceptors (Lipinski definition) is 4. The first kappa shape index (κ1) is 20.3. The molecule has 1 N–H and O–H groups in total. The van der Waals surface area contributed by atoms with Gasteiger partial charge in [0.15, 0.2) is 18.1 Å². The van der Waals surface area contributed by atoms with E-state index in [0.29, 0.717) is 18.1 Å². The van der Waals surface area contributed by atoms with E-state index in [1.54, 1.807) is 12.1 Å². The molecule has 0 aromatic heterocycles. The Bertz CT molecular complexity index is 663. The van der Waals surface area contributed by atoms with Crippen molar-refractivity contribution in [2.75, 3.05) is 26.8 Å². The molecule has 27 heavy (non-hydrogen) atoms. The number of aliphatic hydroxyl groups is 1. The van der Waals surface area contributed by atoms with E-state index in [-0.39, 0.29) is 23.8 Å². The van der Waals surface area contributed by atoms with Crippen LogP contribution in [-0.4, -0.2) is 49.1 Å². The summed E-state index contributed by atoms with van der Waals surface area (Å²) in [7, 11) is 1.43. The Hall–Kier alpha value is -1.47. The second-order valence-electron chi connectivity index (χ2n) is 8.06. The molecule has 3 atom stereocenters. The van der Waals surface area contributed by atoms with E-state index in [0.717, 1.165) is 37.1 Å². The van der Waals surface area contributed by atoms with E-state index in [1.165, 1.54) is 7.11 Å². The Labute approximate surface area is 158 Å². The third-order valence-electron chi connectivity index (χ3n) is 5.54. The van der Waals surface area contributed by atoms with Gasteiger partial charge in [-0.25, -0.2) is 0 Å². The first-order valence-electron chi connectivity index (χ1n) is 9.50. The molecule has 152 valence electrons. The maximum atomic E-state index is 12.5. The molecule has 0 bridgehead atoms. The number of benzene rings is 1. The van der Waals surface area contributed by atoms with Crippen LogP contribution in [0.4, 0.5) is 13.2 Å². The van der Waals surface area contributed by atoms with E-state index in [1.807, 2.05) is 0 Å². The number of fused-ring (bicyclic) bond motifs is 3. The van der Waals surface area contributed by atoms with Crippen molar-refractivity contribution < 1.29 is 27.8 Å². The number of hydrogen-bond donors (Lipinski definition) is 1. The van der Waals surface area contributed by atoms with Crippen molar-refractivity contribution >= 4 is 0 Å². The standard InChI is InChI=1S/C20H28F3NO3/c1-12(2)6-14-10-24-5-4-13-7-19(27-11-20(21,22)23)18(26-3)8-15(13)16(24)9-17(14)25/h7-8,12,14,16-17,25H,4-6,9-11H2,1-3H3/t14?,16-,17-/m0/s1. The fraction of sp³-hybridized carbons (Fsp3) is 0.700. The minimum atomic E-state index is -4.39. The van der Waals surface area contributed by atoms with E-state index in [2.05, 4.69) is 18.7 Å². The van der Waals surface area contributed by atoms with Crippen molar-refractivity contribution in [2.24, 2.45) is 11.8 Å². The summed E-state index contributed by atoms with van der Waals surface area (Å²) in [6.45, 7) is 4.67. The van der Waals surface area contributed by atoms with Crippen LogP contribution in [0.2, 0.25) is 0 Å². The van der Waals surface area contributed by atoms with Crippen LogP contribution in [0.15, 0.2) is 12.1 Å². The second-order valence-corrected chi connectivity index (χ2v) is 8.06. The zero-order valence-corrected chi connectivity index (χ0v) is 16.1. The maximum absolute atomic E-state index is 12.5. The molecule has 0 aliphatic carbocycles. The number of piperidine rings is 1. The first-order chi connectivity index (χ1) is 12.7. The summed E-state index contributed by atoms with van der Waals surface area (Å²) in [5.41, 5.74) is 2.00. The number of rotatable bonds is 5. The highest BCUT2D eigenvalue weighted by Crippen LogP contribution is 2.43. The fourth-order valence-corrected chi connectivity index (χ4v) is 4.37. The van der Waals surface area contributed by atoms with Crippen LogP contribution >= 0.6 is 0 Å². The molecule has 4 nitrogen and oxygen atoms in total. The van der Waals surface area contributed by atoms with Crippen molar-refractivity contribution in [3.63, 3.8) is 0 Å². The highest BCUT2D eigenvalue weighted by atomic mass is 19.4. The van der Waals surface area contributed by atoms with Gasteiger partial charge in [-0.15, -0.1) is 0 Å². The summed E-state index contributed by atoms with van der Waals surface area (Å²) in [6, 6.07) is 3.52. The Morgan fingerprint density at radius 2 is 2.00 bits per heavy atom. The lowest BCUT2D eigenvalue weighted by Gasteiger charge is -2.46. The van der Waals surface area contributed by atoms with Gasteiger partial charge in [0.05, 0.1) is 13.2 Å². The van der Waals surface area contributed by atoms with Crippen molar-refractivity contribution in [1.82, 2.24) is 4.90 Å². The molecule has 2 aliphatic heterocycles. The molecule has 2 aliphatic rings. The lowest BCUT2D eigenvalue weighted by Crippen LogP contribution is -2.48. The number of methoxy groups -OCH3 is 1. The average Bonchev–Trinajstić information content (AvgIpc) is 2.58. The van der Waals surface area contributed by atoms with Crippen molar-refractivity contribution in [3.05, 3.63) is 23.3 Å². The van der Waals surface area contributed by atoms with Crippen molar-refractivity contribution in [2.45, 2.75) is 51.4 Å². The second kappa shape index (κ2) is 7.87. The predicted molar refractivity (Wildman–Crippen MR) is 96.1 cm³/mol. The molecule has 2 heterocycles. The van der Waals surface area contributed by atoms with Gasteiger partial charge >= 0.3 is 6.18 Å². The molecule has 1 fully saturated rings. The highest BCUT2D eigenvalue weighted by molar-refractivity contribution is 5.49. The minimum absolute atomic E-state index is 0.0673. The smallest absolute Gasteiger partial charge is 0.422 e. The predicted octanol–water partition coefficient (Wildman–Crippen LogP) is 3.96. The number of nitrogens with zero attached hydrogens (tertiary/aromatic N) is 1. The Morgan fingerprint density at radius 1 is 1.26 bits per heavy atom. The van der Waals surface area contributed by atoms with Crippen LogP contribution in [0.3, 0.4) is 0 Å². The van der Waals surface area contributed by atoms with Gasteiger partial charge in [0.1, 0.15) is 0 Å². The molecule has 0 spiro atoms. The third kappa shape index (κ3) is 4.69. The summed E-state index contributed by atoms with van der Waals surface area (Å²) in [4.78, 5) is 2.39. The van der Waals surface area contributed by atoms with Gasteiger partial charge < -0.3 is 14.6 Å². The molecule has 0 saturated carbocycles. The monoisotopic (exact) mass is 387 g/mol. The number of alkyl halides is 3. The summed E-state index contributed by atoms with van der Waals surface area (Å²) in [5, 5.41) is 10.6. The SMILES string of the molecule is COc1cc2c(cc1OCC(F)(F)F)CCN1CC(CC(C)C)[C@@H](O)C[C@@H]21. The summed E-state index contributed by atoms with van der Waals surface area (Å²) in [6.07, 6.45) is -2.38. The Kier molecular flexibility index (Phi) is 5.91. The first-order valence-corrected chi connectivity index (χ1v) is 9.50. The molecule has 7 heteroatoms. The van der Waals surface area contributed by atoms with Crippen LogP contribution in [-0.2, 0) is 6.42 Å². The zero-order valence-electron chi connectivity index (χ0n) is 16.1. The molecule has 1 unspecified atom stereocenters. The van der Waals surface area contributed by atoms with Gasteiger partial charge in [-0.3, -0.25) is 4.90 Å². The Morgan fingerprint density at radius 3 is 2.63 bits per heavy atom. The number of ether oxygens (including phenoxy) is 2. The van der Waals surface area contributed by atoms with E-state index < -0.39 is 12.8 Å². The topological polar surface area (TPSA) is 41.9 Å². The highest BCUT2D eigenvalue weighted by Gasteiger charge is 2.39. The summed E-state index contributed by atoms with van der Waals surface area (Å²) < 4.78 is 47.8. The maximum Gasteiger partial charge on any atom is 0.422 e. The molecule has 1 aromatic carbocycles. The summed E-state index contributed by atoms with van der Waals surface area (Å²) >= 11 is 0. The molecule has 0 amide bonds. The zero-order chi connectivity index (χ0) is 19.8. The molecule has 3 rings (SSSR count). The van der Waals surface area contributed by atoms with Gasteiger partial charge in [0, 0.05) is 19.1 Å². The number of aliphatic hydroxyl groups excluding tert-OH is 1. The van der Waals surface area contributed by atoms with Gasteiger partial charge in [-0.05, 0) is 54.4 Å². The molecular formula is C20H28F3NO3. The van der Waals surface area contributed by atoms with Crippen LogP contribution < -0.4 is 9.47 Å². The van der Waals surface area contributed by atoms with E-state index in [9.17, 15) is 18.3 Å². The van der Waals surface area contributed by atoms with E-state index in [4.69, 9.17) is 9.47 Å². The van der Waals surface area contributed by atoms with Gasteiger partial charge in [-0.2, -0.15) is 13.2 Å². The molecule has 1 aromatic rings. The van der Waals surface area contributed by atoms with Crippen molar-refractivity contribution in [3.8, 4) is 11.5 Å². The lowest BCUT2D eigenvalue weighted by molar-refractivity contribution is -0.153. The van der Waals surface area contributed by atoms with Gasteiger partial charge in [0.2, 0.25) is 0 Å². The largest absolute Gasteiger partial charge is 0.493 e. The fourth-order valence-electron chi connectivity index (χ4n) is 4.37. The third-order valence-corrected chi connectivity index (χ3v) is 5.54. The summed E-state index contributed by atoms with van der Waals surface area (Å²) in [5.74, 6) is 1.22. The molecule has 1 saturated heterocycles. The van der Waals surface area contributed by atoms with Gasteiger partial charge in [-0.1, -0.05) is 13.8 Å².